The molecule has 6 nitrogen and oxygen atoms in total. The molecule has 0 atom stereocenters. The molecule has 0 unspecified atom stereocenters. The van der Waals surface area contributed by atoms with Crippen LogP contribution in [0.3, 0.4) is 0 Å². The van der Waals surface area contributed by atoms with Gasteiger partial charge in [0, 0.05) is 15.7 Å². The van der Waals surface area contributed by atoms with Crippen LogP contribution in [0.4, 0.5) is 10.1 Å². The summed E-state index contributed by atoms with van der Waals surface area (Å²) in [6.45, 7) is -0.240. The van der Waals surface area contributed by atoms with E-state index in [1.807, 2.05) is 0 Å². The molecule has 0 aliphatic heterocycles. The maximum absolute atomic E-state index is 13.7. The molecule has 0 saturated heterocycles. The first kappa shape index (κ1) is 18.6. The van der Waals surface area contributed by atoms with Gasteiger partial charge in [-0.05, 0) is 42.5 Å². The van der Waals surface area contributed by atoms with Crippen molar-refractivity contribution in [2.45, 2.75) is 0 Å². The summed E-state index contributed by atoms with van der Waals surface area (Å²) in [6, 6.07) is 10.0. The van der Waals surface area contributed by atoms with Crippen LogP contribution in [0.1, 0.15) is 20.7 Å². The Hall–Kier alpha value is -2.74. The highest BCUT2D eigenvalue weighted by molar-refractivity contribution is 9.10. The fourth-order valence-electron chi connectivity index (χ4n) is 1.90. The van der Waals surface area contributed by atoms with Gasteiger partial charge >= 0.3 is 5.97 Å². The van der Waals surface area contributed by atoms with E-state index in [1.54, 1.807) is 0 Å². The molecular formula is C17H14BrFN2O4. The van der Waals surface area contributed by atoms with E-state index in [2.05, 4.69) is 31.3 Å². The minimum absolute atomic E-state index is 0.103. The molecule has 0 bridgehead atoms. The van der Waals surface area contributed by atoms with Crippen molar-refractivity contribution in [3.63, 3.8) is 0 Å². The minimum atomic E-state index is -0.639. The molecule has 2 amide bonds. The number of nitrogens with one attached hydrogen (secondary N) is 2. The molecule has 0 fully saturated rings. The summed E-state index contributed by atoms with van der Waals surface area (Å²) in [5.74, 6) is -2.27. The van der Waals surface area contributed by atoms with Crippen molar-refractivity contribution in [1.29, 1.82) is 0 Å². The molecule has 2 rings (SSSR count). The molecule has 0 aliphatic rings. The van der Waals surface area contributed by atoms with Gasteiger partial charge in [0.1, 0.15) is 12.4 Å². The number of carbonyl (C=O) groups excluding carboxylic acids is 3. The van der Waals surface area contributed by atoms with E-state index < -0.39 is 23.6 Å². The van der Waals surface area contributed by atoms with E-state index in [0.29, 0.717) is 15.7 Å². The van der Waals surface area contributed by atoms with Gasteiger partial charge in [0.05, 0.1) is 12.7 Å². The zero-order chi connectivity index (χ0) is 18.4. The average molecular weight is 409 g/mol. The average Bonchev–Trinajstić information content (AvgIpc) is 2.61. The number of halogens is 2. The highest BCUT2D eigenvalue weighted by atomic mass is 79.9. The van der Waals surface area contributed by atoms with Gasteiger partial charge < -0.3 is 15.4 Å². The highest BCUT2D eigenvalue weighted by Crippen LogP contribution is 2.17. The number of carbonyl (C=O) groups is 3. The van der Waals surface area contributed by atoms with Crippen LogP contribution in [0.2, 0.25) is 0 Å². The normalized spacial score (nSPS) is 10.0. The third kappa shape index (κ3) is 5.12. The maximum Gasteiger partial charge on any atom is 0.325 e. The number of esters is 1. The summed E-state index contributed by atoms with van der Waals surface area (Å²) in [5, 5.41) is 4.94. The van der Waals surface area contributed by atoms with E-state index in [-0.39, 0.29) is 12.1 Å². The Labute approximate surface area is 151 Å². The molecule has 0 spiro atoms. The molecule has 0 heterocycles. The van der Waals surface area contributed by atoms with Crippen molar-refractivity contribution in [1.82, 2.24) is 5.32 Å². The Balaban J connectivity index is 2.02. The number of methoxy groups -OCH3 is 1. The first-order valence-electron chi connectivity index (χ1n) is 7.12. The minimum Gasteiger partial charge on any atom is -0.468 e. The van der Waals surface area contributed by atoms with Gasteiger partial charge in [-0.15, -0.1) is 0 Å². The first-order chi connectivity index (χ1) is 11.9. The lowest BCUT2D eigenvalue weighted by Gasteiger charge is -2.08. The smallest absolute Gasteiger partial charge is 0.325 e. The fourth-order valence-corrected chi connectivity index (χ4v) is 2.26. The van der Waals surface area contributed by atoms with Crippen LogP contribution in [0.5, 0.6) is 0 Å². The number of anilines is 1. The lowest BCUT2D eigenvalue weighted by Crippen LogP contribution is -2.30. The zero-order valence-electron chi connectivity index (χ0n) is 13.1. The molecule has 0 aromatic heterocycles. The van der Waals surface area contributed by atoms with Crippen LogP contribution in [0, 0.1) is 5.82 Å². The summed E-state index contributed by atoms with van der Waals surface area (Å²) < 4.78 is 18.7. The van der Waals surface area contributed by atoms with Gasteiger partial charge in [-0.25, -0.2) is 4.39 Å². The molecule has 2 aromatic carbocycles. The Morgan fingerprint density at radius 1 is 1.08 bits per heavy atom. The topological polar surface area (TPSA) is 84.5 Å². The van der Waals surface area contributed by atoms with Crippen molar-refractivity contribution < 1.29 is 23.5 Å². The number of benzene rings is 2. The summed E-state index contributed by atoms with van der Waals surface area (Å²) in [4.78, 5) is 34.9. The maximum atomic E-state index is 13.7. The molecule has 130 valence electrons. The predicted octanol–water partition coefficient (Wildman–Crippen LogP) is 2.74. The molecule has 25 heavy (non-hydrogen) atoms. The summed E-state index contributed by atoms with van der Waals surface area (Å²) in [5.41, 5.74) is 0.596. The van der Waals surface area contributed by atoms with Crippen LogP contribution < -0.4 is 10.6 Å². The predicted molar refractivity (Wildman–Crippen MR) is 92.8 cm³/mol. The SMILES string of the molecule is COC(=O)CNC(=O)c1ccc(NC(=O)c2cc(Br)ccc2F)cc1. The molecular weight excluding hydrogens is 395 g/mol. The summed E-state index contributed by atoms with van der Waals surface area (Å²) in [7, 11) is 1.22. The van der Waals surface area contributed by atoms with E-state index in [0.717, 1.165) is 0 Å². The zero-order valence-corrected chi connectivity index (χ0v) is 14.7. The van der Waals surface area contributed by atoms with Crippen LogP contribution in [-0.2, 0) is 9.53 Å². The van der Waals surface area contributed by atoms with Crippen LogP contribution in [0.15, 0.2) is 46.9 Å². The largest absolute Gasteiger partial charge is 0.468 e. The van der Waals surface area contributed by atoms with Crippen LogP contribution >= 0.6 is 15.9 Å². The molecule has 2 aromatic rings. The second-order valence-electron chi connectivity index (χ2n) is 4.91. The quantitative estimate of drug-likeness (QED) is 0.744. The third-order valence-electron chi connectivity index (χ3n) is 3.20. The van der Waals surface area contributed by atoms with E-state index in [9.17, 15) is 18.8 Å². The monoisotopic (exact) mass is 408 g/mol. The summed E-state index contributed by atoms with van der Waals surface area (Å²) in [6.07, 6.45) is 0. The molecule has 0 radical (unpaired) electrons. The second-order valence-corrected chi connectivity index (χ2v) is 5.83. The van der Waals surface area contributed by atoms with Crippen LogP contribution in [-0.4, -0.2) is 31.4 Å². The second kappa shape index (κ2) is 8.39. The van der Waals surface area contributed by atoms with E-state index in [1.165, 1.54) is 49.6 Å². The van der Waals surface area contributed by atoms with E-state index in [4.69, 9.17) is 0 Å². The number of ether oxygens (including phenoxy) is 1. The standard InChI is InChI=1S/C17H14BrFN2O4/c1-25-15(22)9-20-16(23)10-2-5-12(6-3-10)21-17(24)13-8-11(18)4-7-14(13)19/h2-8H,9H2,1H3,(H,20,23)(H,21,24). The van der Waals surface area contributed by atoms with Crippen molar-refractivity contribution in [2.24, 2.45) is 0 Å². The number of hydrogen-bond donors (Lipinski definition) is 2. The van der Waals surface area contributed by atoms with Gasteiger partial charge in [0.25, 0.3) is 11.8 Å². The lowest BCUT2D eigenvalue weighted by molar-refractivity contribution is -0.139. The van der Waals surface area contributed by atoms with Crippen molar-refractivity contribution in [3.8, 4) is 0 Å². The lowest BCUT2D eigenvalue weighted by atomic mass is 10.1. The van der Waals surface area contributed by atoms with Crippen LogP contribution in [0.25, 0.3) is 0 Å². The fraction of sp³-hybridized carbons (Fsp3) is 0.118. The molecule has 0 aliphatic carbocycles. The van der Waals surface area contributed by atoms with Gasteiger partial charge in [0.2, 0.25) is 0 Å². The Bertz CT molecular complexity index is 809. The highest BCUT2D eigenvalue weighted by Gasteiger charge is 2.13. The van der Waals surface area contributed by atoms with Crippen molar-refractivity contribution >= 4 is 39.4 Å². The Kier molecular flexibility index (Phi) is 6.24. The van der Waals surface area contributed by atoms with Crippen molar-refractivity contribution in [3.05, 3.63) is 63.9 Å². The van der Waals surface area contributed by atoms with Gasteiger partial charge in [-0.1, -0.05) is 15.9 Å². The first-order valence-corrected chi connectivity index (χ1v) is 7.91. The van der Waals surface area contributed by atoms with Gasteiger partial charge in [-0.2, -0.15) is 0 Å². The number of rotatable bonds is 5. The Morgan fingerprint density at radius 2 is 1.76 bits per heavy atom. The molecule has 0 saturated carbocycles. The summed E-state index contributed by atoms with van der Waals surface area (Å²) >= 11 is 3.18. The van der Waals surface area contributed by atoms with Gasteiger partial charge in [-0.3, -0.25) is 14.4 Å². The van der Waals surface area contributed by atoms with E-state index >= 15 is 0 Å². The Morgan fingerprint density at radius 3 is 2.40 bits per heavy atom. The van der Waals surface area contributed by atoms with Gasteiger partial charge in [0.15, 0.2) is 0 Å². The number of amides is 2. The molecule has 8 heteroatoms. The molecule has 2 N–H and O–H groups in total. The third-order valence-corrected chi connectivity index (χ3v) is 3.69. The number of hydrogen-bond acceptors (Lipinski definition) is 4. The van der Waals surface area contributed by atoms with Crippen molar-refractivity contribution in [2.75, 3.05) is 19.0 Å².